The summed E-state index contributed by atoms with van der Waals surface area (Å²) in [7, 11) is 1.57. The van der Waals surface area contributed by atoms with Crippen LogP contribution >= 0.6 is 27.7 Å². The molecule has 0 radical (unpaired) electrons. The van der Waals surface area contributed by atoms with Gasteiger partial charge in [-0.15, -0.1) is 0 Å². The van der Waals surface area contributed by atoms with Gasteiger partial charge < -0.3 is 19.5 Å². The third-order valence-corrected chi connectivity index (χ3v) is 6.41. The number of nitrogens with one attached hydrogen (secondary N) is 1. The summed E-state index contributed by atoms with van der Waals surface area (Å²) >= 11 is 4.37. The van der Waals surface area contributed by atoms with E-state index in [4.69, 9.17) is 14.2 Å². The minimum absolute atomic E-state index is 0.216. The number of anilines is 1. The van der Waals surface area contributed by atoms with Crippen molar-refractivity contribution in [2.75, 3.05) is 38.8 Å². The predicted molar refractivity (Wildman–Crippen MR) is 140 cm³/mol. The number of halogens is 1. The van der Waals surface area contributed by atoms with Crippen LogP contribution in [0.4, 0.5) is 10.5 Å². The molecule has 0 atom stereocenters. The van der Waals surface area contributed by atoms with E-state index in [9.17, 15) is 14.4 Å². The summed E-state index contributed by atoms with van der Waals surface area (Å²) in [5.41, 5.74) is 2.43. The number of amides is 3. The van der Waals surface area contributed by atoms with Crippen LogP contribution in [-0.4, -0.2) is 55.4 Å². The zero-order chi connectivity index (χ0) is 25.4. The van der Waals surface area contributed by atoms with Gasteiger partial charge in [0.25, 0.3) is 17.1 Å². The molecular formula is C25H27BrN2O6S. The van der Waals surface area contributed by atoms with Crippen LogP contribution in [-0.2, 0) is 14.3 Å². The Balaban J connectivity index is 1.72. The van der Waals surface area contributed by atoms with Crippen molar-refractivity contribution in [3.8, 4) is 11.5 Å². The van der Waals surface area contributed by atoms with Crippen LogP contribution in [0.25, 0.3) is 6.08 Å². The average molecular weight is 563 g/mol. The number of ether oxygens (including phenoxy) is 3. The highest BCUT2D eigenvalue weighted by Gasteiger charge is 2.34. The van der Waals surface area contributed by atoms with Crippen LogP contribution in [0.15, 0.2) is 45.8 Å². The maximum atomic E-state index is 12.7. The molecule has 35 heavy (non-hydrogen) atoms. The molecule has 0 aliphatic carbocycles. The summed E-state index contributed by atoms with van der Waals surface area (Å²) in [6.07, 6.45) is 2.22. The SMILES string of the molecule is CCOc1cc(/C=C2/SC(=O)N(CCCOC)C2=O)cc(Br)c1OCC(=O)Nc1ccc(C)cc1. The highest BCUT2D eigenvalue weighted by molar-refractivity contribution is 9.10. The number of aryl methyl sites for hydroxylation is 1. The maximum absolute atomic E-state index is 12.7. The molecule has 186 valence electrons. The molecular weight excluding hydrogens is 536 g/mol. The van der Waals surface area contributed by atoms with Crippen molar-refractivity contribution in [2.24, 2.45) is 0 Å². The first kappa shape index (κ1) is 26.8. The van der Waals surface area contributed by atoms with E-state index in [-0.39, 0.29) is 23.7 Å². The zero-order valence-corrected chi connectivity index (χ0v) is 22.2. The van der Waals surface area contributed by atoms with Gasteiger partial charge in [0.05, 0.1) is 16.0 Å². The molecule has 1 aliphatic heterocycles. The second-order valence-corrected chi connectivity index (χ2v) is 9.49. The van der Waals surface area contributed by atoms with Gasteiger partial charge in [-0.1, -0.05) is 17.7 Å². The van der Waals surface area contributed by atoms with E-state index in [0.29, 0.717) is 58.3 Å². The molecule has 2 aromatic rings. The van der Waals surface area contributed by atoms with Crippen molar-refractivity contribution in [3.63, 3.8) is 0 Å². The number of nitrogens with zero attached hydrogens (tertiary/aromatic N) is 1. The normalized spacial score (nSPS) is 14.5. The molecule has 0 spiro atoms. The summed E-state index contributed by atoms with van der Waals surface area (Å²) in [5, 5.41) is 2.48. The van der Waals surface area contributed by atoms with Crippen LogP contribution < -0.4 is 14.8 Å². The lowest BCUT2D eigenvalue weighted by Crippen LogP contribution is -2.29. The molecule has 1 fully saturated rings. The number of rotatable bonds is 11. The third-order valence-electron chi connectivity index (χ3n) is 4.92. The van der Waals surface area contributed by atoms with Crippen molar-refractivity contribution in [1.82, 2.24) is 4.90 Å². The number of imide groups is 1. The molecule has 2 aromatic carbocycles. The number of methoxy groups -OCH3 is 1. The van der Waals surface area contributed by atoms with E-state index in [1.54, 1.807) is 25.3 Å². The molecule has 8 nitrogen and oxygen atoms in total. The minimum atomic E-state index is -0.335. The molecule has 3 amide bonds. The van der Waals surface area contributed by atoms with Gasteiger partial charge in [0.1, 0.15) is 0 Å². The quantitative estimate of drug-likeness (QED) is 0.295. The second kappa shape index (κ2) is 12.8. The second-order valence-electron chi connectivity index (χ2n) is 7.65. The van der Waals surface area contributed by atoms with Crippen LogP contribution in [0.5, 0.6) is 11.5 Å². The lowest BCUT2D eigenvalue weighted by molar-refractivity contribution is -0.123. The Morgan fingerprint density at radius 3 is 2.60 bits per heavy atom. The van der Waals surface area contributed by atoms with Crippen molar-refractivity contribution < 1.29 is 28.6 Å². The molecule has 10 heteroatoms. The predicted octanol–water partition coefficient (Wildman–Crippen LogP) is 5.25. The first-order chi connectivity index (χ1) is 16.8. The van der Waals surface area contributed by atoms with E-state index in [1.807, 2.05) is 38.1 Å². The summed E-state index contributed by atoms with van der Waals surface area (Å²) in [6.45, 7) is 4.74. The Bertz CT molecular complexity index is 1120. The molecule has 1 heterocycles. The molecule has 1 saturated heterocycles. The number of benzene rings is 2. The van der Waals surface area contributed by atoms with Gasteiger partial charge in [-0.05, 0) is 83.9 Å². The summed E-state index contributed by atoms with van der Waals surface area (Å²) in [6, 6.07) is 10.9. The molecule has 1 N–H and O–H groups in total. The van der Waals surface area contributed by atoms with E-state index in [1.165, 1.54) is 4.90 Å². The molecule has 0 saturated carbocycles. The number of hydrogen-bond acceptors (Lipinski definition) is 7. The van der Waals surface area contributed by atoms with Crippen LogP contribution in [0.2, 0.25) is 0 Å². The topological polar surface area (TPSA) is 94.2 Å². The van der Waals surface area contributed by atoms with Crippen LogP contribution in [0.1, 0.15) is 24.5 Å². The van der Waals surface area contributed by atoms with Crippen LogP contribution in [0, 0.1) is 6.92 Å². The summed E-state index contributed by atoms with van der Waals surface area (Å²) in [5.74, 6) is 0.138. The Labute approximate surface area is 217 Å². The number of thioether (sulfide) groups is 1. The van der Waals surface area contributed by atoms with Crippen molar-refractivity contribution in [1.29, 1.82) is 0 Å². The van der Waals surface area contributed by atoms with Gasteiger partial charge in [0.15, 0.2) is 18.1 Å². The highest BCUT2D eigenvalue weighted by Crippen LogP contribution is 2.39. The molecule has 0 aromatic heterocycles. The molecule has 0 bridgehead atoms. The summed E-state index contributed by atoms with van der Waals surface area (Å²) < 4.78 is 17.0. The van der Waals surface area contributed by atoms with Crippen molar-refractivity contribution in [3.05, 3.63) is 56.9 Å². The maximum Gasteiger partial charge on any atom is 0.293 e. The Morgan fingerprint density at radius 2 is 1.91 bits per heavy atom. The fourth-order valence-corrected chi connectivity index (χ4v) is 4.70. The average Bonchev–Trinajstić information content (AvgIpc) is 3.07. The van der Waals surface area contributed by atoms with Crippen molar-refractivity contribution >= 4 is 56.5 Å². The fourth-order valence-electron chi connectivity index (χ4n) is 3.26. The van der Waals surface area contributed by atoms with E-state index in [2.05, 4.69) is 21.2 Å². The Kier molecular flexibility index (Phi) is 9.76. The first-order valence-electron chi connectivity index (χ1n) is 11.0. The molecule has 1 aliphatic rings. The lowest BCUT2D eigenvalue weighted by atomic mass is 10.1. The Hall–Kier alpha value is -2.82. The zero-order valence-electron chi connectivity index (χ0n) is 19.8. The summed E-state index contributed by atoms with van der Waals surface area (Å²) in [4.78, 5) is 38.8. The number of hydrogen-bond donors (Lipinski definition) is 1. The molecule has 0 unspecified atom stereocenters. The highest BCUT2D eigenvalue weighted by atomic mass is 79.9. The molecule has 3 rings (SSSR count). The van der Waals surface area contributed by atoms with E-state index < -0.39 is 0 Å². The monoisotopic (exact) mass is 562 g/mol. The van der Waals surface area contributed by atoms with E-state index >= 15 is 0 Å². The Morgan fingerprint density at radius 1 is 1.17 bits per heavy atom. The van der Waals surface area contributed by atoms with Crippen molar-refractivity contribution in [2.45, 2.75) is 20.3 Å². The van der Waals surface area contributed by atoms with Gasteiger partial charge in [0.2, 0.25) is 0 Å². The number of carbonyl (C=O) groups excluding carboxylic acids is 3. The van der Waals surface area contributed by atoms with Gasteiger partial charge in [-0.25, -0.2) is 0 Å². The minimum Gasteiger partial charge on any atom is -0.490 e. The smallest absolute Gasteiger partial charge is 0.293 e. The largest absolute Gasteiger partial charge is 0.490 e. The fraction of sp³-hybridized carbons (Fsp3) is 0.320. The standard InChI is InChI=1S/C25H27BrN2O6S/c1-4-33-20-13-17(14-21-24(30)28(25(31)35-21)10-5-11-32-3)12-19(26)23(20)34-15-22(29)27-18-8-6-16(2)7-9-18/h6-9,12-14H,4-5,10-11,15H2,1-3H3,(H,27,29)/b21-14+. The first-order valence-corrected chi connectivity index (χ1v) is 12.6. The third kappa shape index (κ3) is 7.33. The number of carbonyl (C=O) groups is 3. The van der Waals surface area contributed by atoms with Gasteiger partial charge >= 0.3 is 0 Å². The van der Waals surface area contributed by atoms with Crippen LogP contribution in [0.3, 0.4) is 0 Å². The van der Waals surface area contributed by atoms with Gasteiger partial charge in [0, 0.05) is 25.9 Å². The van der Waals surface area contributed by atoms with Gasteiger partial charge in [-0.2, -0.15) is 0 Å². The van der Waals surface area contributed by atoms with Gasteiger partial charge in [-0.3, -0.25) is 19.3 Å². The van der Waals surface area contributed by atoms with E-state index in [0.717, 1.165) is 17.3 Å². The lowest BCUT2D eigenvalue weighted by Gasteiger charge is -2.15.